The Labute approximate surface area is 128 Å². The van der Waals surface area contributed by atoms with Crippen LogP contribution in [0.15, 0.2) is 9.31 Å². The first kappa shape index (κ1) is 18.2. The molecular weight excluding hydrogens is 314 g/mol. The summed E-state index contributed by atoms with van der Waals surface area (Å²) in [6.07, 6.45) is 0.602. The molecule has 0 bridgehead atoms. The molecule has 0 fully saturated rings. The zero-order valence-electron chi connectivity index (χ0n) is 12.8. The summed E-state index contributed by atoms with van der Waals surface area (Å²) >= 11 is 0. The Bertz CT molecular complexity index is 675. The molecule has 0 aliphatic carbocycles. The van der Waals surface area contributed by atoms with Gasteiger partial charge in [-0.05, 0) is 20.3 Å². The highest BCUT2D eigenvalue weighted by atomic mass is 32.2. The summed E-state index contributed by atoms with van der Waals surface area (Å²) in [6.45, 7) is 4.54. The minimum atomic E-state index is -4.25. The van der Waals surface area contributed by atoms with Crippen molar-refractivity contribution in [2.75, 3.05) is 7.11 Å². The molecule has 22 heavy (non-hydrogen) atoms. The van der Waals surface area contributed by atoms with Crippen LogP contribution in [0, 0.1) is 13.8 Å². The number of sulfonamides is 1. The summed E-state index contributed by atoms with van der Waals surface area (Å²) in [4.78, 5) is 22.5. The van der Waals surface area contributed by atoms with Gasteiger partial charge in [-0.3, -0.25) is 4.79 Å². The third kappa shape index (κ3) is 3.66. The van der Waals surface area contributed by atoms with Crippen molar-refractivity contribution in [1.29, 1.82) is 0 Å². The van der Waals surface area contributed by atoms with Crippen LogP contribution in [-0.2, 0) is 19.6 Å². The van der Waals surface area contributed by atoms with Crippen molar-refractivity contribution in [1.82, 2.24) is 4.72 Å². The van der Waals surface area contributed by atoms with E-state index in [9.17, 15) is 18.0 Å². The van der Waals surface area contributed by atoms with Crippen LogP contribution in [0.5, 0.6) is 0 Å². The number of esters is 1. The van der Waals surface area contributed by atoms with Crippen molar-refractivity contribution in [3.63, 3.8) is 0 Å². The molecule has 1 aromatic rings. The fourth-order valence-corrected chi connectivity index (χ4v) is 3.72. The van der Waals surface area contributed by atoms with Crippen molar-refractivity contribution in [3.05, 3.63) is 17.1 Å². The van der Waals surface area contributed by atoms with Crippen LogP contribution >= 0.6 is 0 Å². The highest BCUT2D eigenvalue weighted by Crippen LogP contribution is 2.27. The maximum Gasteiger partial charge on any atom is 0.342 e. The minimum Gasteiger partial charge on any atom is -0.480 e. The van der Waals surface area contributed by atoms with Gasteiger partial charge in [0.15, 0.2) is 0 Å². The number of methoxy groups -OCH3 is 1. The van der Waals surface area contributed by atoms with Gasteiger partial charge in [0.05, 0.1) is 7.11 Å². The van der Waals surface area contributed by atoms with Gasteiger partial charge >= 0.3 is 11.9 Å². The number of aliphatic carboxylic acids is 1. The fourth-order valence-electron chi connectivity index (χ4n) is 2.09. The predicted molar refractivity (Wildman–Crippen MR) is 76.2 cm³/mol. The van der Waals surface area contributed by atoms with E-state index in [4.69, 9.17) is 9.52 Å². The minimum absolute atomic E-state index is 0.00830. The number of furan rings is 1. The molecule has 0 saturated heterocycles. The largest absolute Gasteiger partial charge is 0.480 e. The van der Waals surface area contributed by atoms with E-state index in [1.807, 2.05) is 0 Å². The van der Waals surface area contributed by atoms with Gasteiger partial charge in [-0.2, -0.15) is 4.72 Å². The van der Waals surface area contributed by atoms with E-state index in [0.717, 1.165) is 7.11 Å². The zero-order chi connectivity index (χ0) is 17.1. The second-order valence-electron chi connectivity index (χ2n) is 4.71. The van der Waals surface area contributed by atoms with E-state index < -0.39 is 28.0 Å². The number of ether oxygens (including phenoxy) is 1. The number of carboxylic acid groups (broad SMARTS) is 1. The molecular formula is C13H19NO7S. The van der Waals surface area contributed by atoms with E-state index in [1.165, 1.54) is 13.8 Å². The monoisotopic (exact) mass is 333 g/mol. The van der Waals surface area contributed by atoms with Gasteiger partial charge in [0.2, 0.25) is 10.0 Å². The number of carbonyl (C=O) groups is 2. The maximum absolute atomic E-state index is 12.5. The third-order valence-electron chi connectivity index (χ3n) is 3.04. The molecule has 0 aliphatic heterocycles. The number of rotatable bonds is 7. The molecule has 1 atom stereocenters. The molecule has 9 heteroatoms. The molecule has 1 aromatic heterocycles. The van der Waals surface area contributed by atoms with Crippen molar-refractivity contribution in [2.45, 2.75) is 44.6 Å². The maximum atomic E-state index is 12.5. The van der Waals surface area contributed by atoms with E-state index in [0.29, 0.717) is 6.42 Å². The molecule has 8 nitrogen and oxygen atoms in total. The van der Waals surface area contributed by atoms with Crippen molar-refractivity contribution in [2.24, 2.45) is 0 Å². The molecule has 0 saturated carbocycles. The van der Waals surface area contributed by atoms with Crippen LogP contribution in [0.25, 0.3) is 0 Å². The number of aryl methyl sites for hydroxylation is 2. The third-order valence-corrected chi connectivity index (χ3v) is 4.66. The number of carbonyl (C=O) groups excluding carboxylic acids is 1. The molecule has 0 amide bonds. The van der Waals surface area contributed by atoms with Crippen LogP contribution in [0.3, 0.4) is 0 Å². The smallest absolute Gasteiger partial charge is 0.342 e. The van der Waals surface area contributed by atoms with Gasteiger partial charge in [0.25, 0.3) is 0 Å². The normalized spacial score (nSPS) is 12.9. The van der Waals surface area contributed by atoms with Crippen LogP contribution in [-0.4, -0.2) is 38.6 Å². The summed E-state index contributed by atoms with van der Waals surface area (Å²) < 4.78 is 36.7. The van der Waals surface area contributed by atoms with Crippen LogP contribution in [0.4, 0.5) is 0 Å². The number of hydrogen-bond donors (Lipinski definition) is 2. The Hall–Kier alpha value is -1.87. The molecule has 1 unspecified atom stereocenters. The zero-order valence-corrected chi connectivity index (χ0v) is 13.6. The first-order chi connectivity index (χ1) is 10.2. The Morgan fingerprint density at radius 3 is 2.36 bits per heavy atom. The van der Waals surface area contributed by atoms with Gasteiger partial charge in [-0.15, -0.1) is 0 Å². The summed E-state index contributed by atoms with van der Waals surface area (Å²) in [6, 6.07) is -1.28. The number of nitrogens with one attached hydrogen (secondary N) is 1. The Balaban J connectivity index is 3.34. The first-order valence-electron chi connectivity index (χ1n) is 6.59. The molecule has 0 radical (unpaired) electrons. The summed E-state index contributed by atoms with van der Waals surface area (Å²) in [5.74, 6) is -2.07. The fraction of sp³-hybridized carbons (Fsp3) is 0.538. The standard InChI is InChI=1S/C13H19NO7S/c1-5-6-9(12(15)16)14-22(18,19)11-8(3)21-7(2)10(11)13(17)20-4/h9,14H,5-6H2,1-4H3,(H,15,16). The highest BCUT2D eigenvalue weighted by Gasteiger charge is 2.34. The van der Waals surface area contributed by atoms with Crippen molar-refractivity contribution in [3.8, 4) is 0 Å². The molecule has 0 aliphatic rings. The summed E-state index contributed by atoms with van der Waals surface area (Å²) in [5.41, 5.74) is -0.229. The van der Waals surface area contributed by atoms with Crippen molar-refractivity contribution >= 4 is 22.0 Å². The van der Waals surface area contributed by atoms with E-state index in [-0.39, 0.29) is 28.4 Å². The lowest BCUT2D eigenvalue weighted by molar-refractivity contribution is -0.139. The Morgan fingerprint density at radius 1 is 1.32 bits per heavy atom. The molecule has 124 valence electrons. The van der Waals surface area contributed by atoms with Crippen LogP contribution in [0.1, 0.15) is 41.6 Å². The molecule has 2 N–H and O–H groups in total. The number of hydrogen-bond acceptors (Lipinski definition) is 6. The quantitative estimate of drug-likeness (QED) is 0.719. The van der Waals surface area contributed by atoms with E-state index in [1.54, 1.807) is 6.92 Å². The molecule has 1 rings (SSSR count). The topological polar surface area (TPSA) is 123 Å². The Morgan fingerprint density at radius 2 is 1.91 bits per heavy atom. The van der Waals surface area contributed by atoms with Gasteiger partial charge in [0.1, 0.15) is 28.0 Å². The first-order valence-corrected chi connectivity index (χ1v) is 8.07. The van der Waals surface area contributed by atoms with Crippen molar-refractivity contribution < 1.29 is 32.3 Å². The second kappa shape index (κ2) is 6.93. The molecule has 0 aromatic carbocycles. The van der Waals surface area contributed by atoms with E-state index in [2.05, 4.69) is 9.46 Å². The van der Waals surface area contributed by atoms with Gasteiger partial charge < -0.3 is 14.3 Å². The lowest BCUT2D eigenvalue weighted by Crippen LogP contribution is -2.41. The van der Waals surface area contributed by atoms with Crippen LogP contribution < -0.4 is 4.72 Å². The summed E-state index contributed by atoms with van der Waals surface area (Å²) in [7, 11) is -3.13. The van der Waals surface area contributed by atoms with E-state index >= 15 is 0 Å². The summed E-state index contributed by atoms with van der Waals surface area (Å²) in [5, 5.41) is 9.07. The molecule has 0 spiro atoms. The van der Waals surface area contributed by atoms with Gasteiger partial charge in [0, 0.05) is 0 Å². The highest BCUT2D eigenvalue weighted by molar-refractivity contribution is 7.89. The average molecular weight is 333 g/mol. The number of carboxylic acids is 1. The SMILES string of the molecule is CCCC(NS(=O)(=O)c1c(C)oc(C)c1C(=O)OC)C(=O)O. The Kier molecular flexibility index (Phi) is 5.72. The molecule has 1 heterocycles. The van der Waals surface area contributed by atoms with Gasteiger partial charge in [-0.25, -0.2) is 13.2 Å². The second-order valence-corrected chi connectivity index (χ2v) is 6.36. The lowest BCUT2D eigenvalue weighted by atomic mass is 10.2. The average Bonchev–Trinajstić information content (AvgIpc) is 2.72. The lowest BCUT2D eigenvalue weighted by Gasteiger charge is -2.14. The van der Waals surface area contributed by atoms with Crippen LogP contribution in [0.2, 0.25) is 0 Å². The van der Waals surface area contributed by atoms with Gasteiger partial charge in [-0.1, -0.05) is 13.3 Å². The predicted octanol–water partition coefficient (Wildman–Crippen LogP) is 1.21.